The standard InChI is InChI=1S/C21H25N3O2S.ClH/c1-15-12-18-19(13-16(15)2)27-21(22-18)24(11-10-23(3)4)20(25)14-26-17-8-6-5-7-9-17;/h5-9,12-13H,10-11,14H2,1-4H3;1H. The molecule has 0 unspecified atom stereocenters. The first kappa shape index (κ1) is 22.1. The van der Waals surface area contributed by atoms with E-state index in [1.54, 1.807) is 16.2 Å². The first-order valence-electron chi connectivity index (χ1n) is 8.95. The molecule has 0 aliphatic carbocycles. The monoisotopic (exact) mass is 419 g/mol. The summed E-state index contributed by atoms with van der Waals surface area (Å²) in [6.07, 6.45) is 0. The zero-order valence-electron chi connectivity index (χ0n) is 16.6. The molecule has 0 aliphatic heterocycles. The fourth-order valence-corrected chi connectivity index (χ4v) is 3.74. The van der Waals surface area contributed by atoms with Gasteiger partial charge in [-0.15, -0.1) is 12.4 Å². The molecule has 0 radical (unpaired) electrons. The molecule has 3 rings (SSSR count). The lowest BCUT2D eigenvalue weighted by atomic mass is 10.1. The number of fused-ring (bicyclic) bond motifs is 1. The van der Waals surface area contributed by atoms with Crippen LogP contribution >= 0.6 is 23.7 Å². The lowest BCUT2D eigenvalue weighted by Crippen LogP contribution is -2.39. The normalized spacial score (nSPS) is 10.8. The Morgan fingerprint density at radius 1 is 1.07 bits per heavy atom. The summed E-state index contributed by atoms with van der Waals surface area (Å²) < 4.78 is 6.76. The van der Waals surface area contributed by atoms with E-state index in [4.69, 9.17) is 9.72 Å². The SMILES string of the molecule is Cc1cc2nc(N(CCN(C)C)C(=O)COc3ccccc3)sc2cc1C.Cl. The van der Waals surface area contributed by atoms with Crippen LogP contribution in [-0.4, -0.2) is 49.6 Å². The number of aromatic nitrogens is 1. The number of para-hydroxylation sites is 1. The van der Waals surface area contributed by atoms with Crippen LogP contribution in [0.15, 0.2) is 42.5 Å². The average molecular weight is 420 g/mol. The van der Waals surface area contributed by atoms with Crippen molar-refractivity contribution < 1.29 is 9.53 Å². The molecule has 1 aromatic heterocycles. The maximum absolute atomic E-state index is 12.9. The lowest BCUT2D eigenvalue weighted by molar-refractivity contribution is -0.120. The second kappa shape index (κ2) is 9.87. The number of thiazole rings is 1. The third-order valence-electron chi connectivity index (χ3n) is 4.40. The number of benzene rings is 2. The summed E-state index contributed by atoms with van der Waals surface area (Å²) in [7, 11) is 3.99. The number of aryl methyl sites for hydroxylation is 2. The summed E-state index contributed by atoms with van der Waals surface area (Å²) in [6.45, 7) is 5.49. The molecule has 0 fully saturated rings. The Kier molecular flexibility index (Phi) is 7.80. The minimum Gasteiger partial charge on any atom is -0.484 e. The number of ether oxygens (including phenoxy) is 1. The molecule has 3 aromatic rings. The fraction of sp³-hybridized carbons (Fsp3) is 0.333. The van der Waals surface area contributed by atoms with E-state index in [0.29, 0.717) is 12.3 Å². The van der Waals surface area contributed by atoms with E-state index in [2.05, 4.69) is 30.9 Å². The molecule has 0 spiro atoms. The molecule has 0 aliphatic rings. The molecular formula is C21H26ClN3O2S. The van der Waals surface area contributed by atoms with E-state index in [1.807, 2.05) is 44.4 Å². The molecule has 0 saturated heterocycles. The topological polar surface area (TPSA) is 45.7 Å². The molecule has 0 N–H and O–H groups in total. The Bertz CT molecular complexity index is 889. The summed E-state index contributed by atoms with van der Waals surface area (Å²) in [5.41, 5.74) is 3.37. The van der Waals surface area contributed by atoms with Crippen molar-refractivity contribution in [3.63, 3.8) is 0 Å². The average Bonchev–Trinajstić information content (AvgIpc) is 3.03. The number of anilines is 1. The van der Waals surface area contributed by atoms with Crippen LogP contribution in [0.5, 0.6) is 5.75 Å². The van der Waals surface area contributed by atoms with Gasteiger partial charge in [0.25, 0.3) is 5.91 Å². The second-order valence-electron chi connectivity index (χ2n) is 6.85. The highest BCUT2D eigenvalue weighted by atomic mass is 35.5. The van der Waals surface area contributed by atoms with Crippen LogP contribution in [0.3, 0.4) is 0 Å². The number of carbonyl (C=O) groups is 1. The Hall–Kier alpha value is -2.15. The van der Waals surface area contributed by atoms with Crippen molar-refractivity contribution in [1.29, 1.82) is 0 Å². The highest BCUT2D eigenvalue weighted by Gasteiger charge is 2.20. The summed E-state index contributed by atoms with van der Waals surface area (Å²) in [4.78, 5) is 21.4. The first-order valence-corrected chi connectivity index (χ1v) is 9.76. The highest BCUT2D eigenvalue weighted by Crippen LogP contribution is 2.31. The molecule has 1 amide bonds. The van der Waals surface area contributed by atoms with Gasteiger partial charge in [0.05, 0.1) is 10.2 Å². The predicted octanol–water partition coefficient (Wildman–Crippen LogP) is 4.31. The number of hydrogen-bond acceptors (Lipinski definition) is 5. The van der Waals surface area contributed by atoms with Crippen LogP contribution < -0.4 is 9.64 Å². The highest BCUT2D eigenvalue weighted by molar-refractivity contribution is 7.22. The zero-order chi connectivity index (χ0) is 19.4. The second-order valence-corrected chi connectivity index (χ2v) is 7.86. The van der Waals surface area contributed by atoms with Gasteiger partial charge in [0.1, 0.15) is 5.75 Å². The van der Waals surface area contributed by atoms with E-state index in [-0.39, 0.29) is 24.9 Å². The molecule has 0 saturated carbocycles. The van der Waals surface area contributed by atoms with E-state index in [1.165, 1.54) is 11.1 Å². The number of rotatable bonds is 7. The smallest absolute Gasteiger partial charge is 0.266 e. The first-order chi connectivity index (χ1) is 12.9. The molecule has 2 aromatic carbocycles. The fourth-order valence-electron chi connectivity index (χ4n) is 2.65. The maximum atomic E-state index is 12.9. The van der Waals surface area contributed by atoms with E-state index >= 15 is 0 Å². The van der Waals surface area contributed by atoms with Crippen LogP contribution in [-0.2, 0) is 4.79 Å². The lowest BCUT2D eigenvalue weighted by Gasteiger charge is -2.22. The molecule has 0 bridgehead atoms. The van der Waals surface area contributed by atoms with Crippen molar-refractivity contribution in [2.24, 2.45) is 0 Å². The summed E-state index contributed by atoms with van der Waals surface area (Å²) in [5, 5.41) is 0.721. The summed E-state index contributed by atoms with van der Waals surface area (Å²) in [6, 6.07) is 13.6. The van der Waals surface area contributed by atoms with Crippen LogP contribution in [0.25, 0.3) is 10.2 Å². The minimum atomic E-state index is -0.0896. The third-order valence-corrected chi connectivity index (χ3v) is 5.44. The quantitative estimate of drug-likeness (QED) is 0.572. The van der Waals surface area contributed by atoms with Crippen molar-refractivity contribution in [2.75, 3.05) is 38.7 Å². The van der Waals surface area contributed by atoms with Crippen LogP contribution in [0.1, 0.15) is 11.1 Å². The number of hydrogen-bond donors (Lipinski definition) is 0. The molecule has 150 valence electrons. The van der Waals surface area contributed by atoms with E-state index < -0.39 is 0 Å². The van der Waals surface area contributed by atoms with Gasteiger partial charge in [0.2, 0.25) is 0 Å². The van der Waals surface area contributed by atoms with Crippen LogP contribution in [0.4, 0.5) is 5.13 Å². The van der Waals surface area contributed by atoms with Crippen molar-refractivity contribution in [3.05, 3.63) is 53.6 Å². The van der Waals surface area contributed by atoms with Gasteiger partial charge < -0.3 is 9.64 Å². The summed E-state index contributed by atoms with van der Waals surface area (Å²) in [5.74, 6) is 0.599. The van der Waals surface area contributed by atoms with Crippen molar-refractivity contribution in [1.82, 2.24) is 9.88 Å². The Morgan fingerprint density at radius 3 is 2.43 bits per heavy atom. The molecule has 1 heterocycles. The largest absolute Gasteiger partial charge is 0.484 e. The molecule has 0 atom stereocenters. The number of nitrogens with zero attached hydrogens (tertiary/aromatic N) is 3. The van der Waals surface area contributed by atoms with E-state index in [0.717, 1.165) is 21.9 Å². The van der Waals surface area contributed by atoms with Gasteiger partial charge >= 0.3 is 0 Å². The van der Waals surface area contributed by atoms with Gasteiger partial charge in [0.15, 0.2) is 11.7 Å². The van der Waals surface area contributed by atoms with Gasteiger partial charge in [-0.1, -0.05) is 29.5 Å². The van der Waals surface area contributed by atoms with Gasteiger partial charge in [-0.05, 0) is 63.3 Å². The van der Waals surface area contributed by atoms with Gasteiger partial charge in [-0.3, -0.25) is 9.69 Å². The molecule has 7 heteroatoms. The van der Waals surface area contributed by atoms with Crippen molar-refractivity contribution in [3.8, 4) is 5.75 Å². The predicted molar refractivity (Wildman–Crippen MR) is 119 cm³/mol. The molecule has 28 heavy (non-hydrogen) atoms. The van der Waals surface area contributed by atoms with Crippen molar-refractivity contribution in [2.45, 2.75) is 13.8 Å². The van der Waals surface area contributed by atoms with Crippen molar-refractivity contribution >= 4 is 45.0 Å². The summed E-state index contributed by atoms with van der Waals surface area (Å²) >= 11 is 1.55. The van der Waals surface area contributed by atoms with Gasteiger partial charge in [0, 0.05) is 13.1 Å². The zero-order valence-corrected chi connectivity index (χ0v) is 18.3. The number of halogens is 1. The van der Waals surface area contributed by atoms with Crippen LogP contribution in [0.2, 0.25) is 0 Å². The number of carbonyl (C=O) groups excluding carboxylic acids is 1. The molecular weight excluding hydrogens is 394 g/mol. The van der Waals surface area contributed by atoms with Gasteiger partial charge in [-0.25, -0.2) is 4.98 Å². The Morgan fingerprint density at radius 2 is 1.75 bits per heavy atom. The minimum absolute atomic E-state index is 0. The maximum Gasteiger partial charge on any atom is 0.266 e. The number of amides is 1. The Labute approximate surface area is 176 Å². The van der Waals surface area contributed by atoms with Crippen LogP contribution in [0, 0.1) is 13.8 Å². The van der Waals surface area contributed by atoms with Gasteiger partial charge in [-0.2, -0.15) is 0 Å². The number of likely N-dealkylation sites (N-methyl/N-ethyl adjacent to an activating group) is 1. The molecule has 5 nitrogen and oxygen atoms in total. The third kappa shape index (κ3) is 5.44. The van der Waals surface area contributed by atoms with E-state index in [9.17, 15) is 4.79 Å². The Balaban J connectivity index is 0.00000280.